The fourth-order valence-electron chi connectivity index (χ4n) is 2.68. The van der Waals surface area contributed by atoms with Crippen molar-refractivity contribution in [2.45, 2.75) is 31.6 Å². The maximum absolute atomic E-state index is 11.4. The molecule has 1 amide bonds. The Kier molecular flexibility index (Phi) is 3.65. The van der Waals surface area contributed by atoms with Crippen LogP contribution in [0.2, 0.25) is 5.02 Å². The molecule has 0 radical (unpaired) electrons. The molecule has 3 rings (SSSR count). The maximum atomic E-state index is 11.4. The highest BCUT2D eigenvalue weighted by molar-refractivity contribution is 6.31. The van der Waals surface area contributed by atoms with Gasteiger partial charge >= 0.3 is 0 Å². The molecule has 1 aromatic carbocycles. The molecule has 5 nitrogen and oxygen atoms in total. The number of amides is 1. The summed E-state index contributed by atoms with van der Waals surface area (Å²) < 4.78 is 7.85. The van der Waals surface area contributed by atoms with Crippen LogP contribution in [-0.2, 0) is 16.1 Å². The SMILES string of the molecule is NNC(=O)C1CCC(Cn2ccc3cc(Cl)ccc32)O1. The number of carbonyl (C=O) groups excluding carboxylic acids is 1. The zero-order valence-electron chi connectivity index (χ0n) is 10.9. The number of rotatable bonds is 3. The molecule has 1 aromatic heterocycles. The summed E-state index contributed by atoms with van der Waals surface area (Å²) in [7, 11) is 0. The average Bonchev–Trinajstić information content (AvgIpc) is 3.06. The lowest BCUT2D eigenvalue weighted by molar-refractivity contribution is -0.132. The molecular weight excluding hydrogens is 278 g/mol. The minimum absolute atomic E-state index is 0.0311. The molecule has 106 valence electrons. The summed E-state index contributed by atoms with van der Waals surface area (Å²) >= 11 is 5.98. The highest BCUT2D eigenvalue weighted by Gasteiger charge is 2.30. The Morgan fingerprint density at radius 2 is 2.30 bits per heavy atom. The van der Waals surface area contributed by atoms with Crippen LogP contribution in [0.1, 0.15) is 12.8 Å². The van der Waals surface area contributed by atoms with Crippen LogP contribution < -0.4 is 11.3 Å². The van der Waals surface area contributed by atoms with Crippen molar-refractivity contribution >= 4 is 28.4 Å². The van der Waals surface area contributed by atoms with E-state index in [1.807, 2.05) is 30.5 Å². The lowest BCUT2D eigenvalue weighted by Gasteiger charge is -2.14. The number of hydrogen-bond acceptors (Lipinski definition) is 3. The van der Waals surface area contributed by atoms with Gasteiger partial charge in [0.05, 0.1) is 6.10 Å². The van der Waals surface area contributed by atoms with Crippen LogP contribution in [0, 0.1) is 0 Å². The molecule has 1 saturated heterocycles. The fourth-order valence-corrected chi connectivity index (χ4v) is 2.86. The van der Waals surface area contributed by atoms with Crippen LogP contribution in [0.25, 0.3) is 10.9 Å². The van der Waals surface area contributed by atoms with E-state index in [0.29, 0.717) is 6.42 Å². The van der Waals surface area contributed by atoms with E-state index in [2.05, 4.69) is 9.99 Å². The van der Waals surface area contributed by atoms with Gasteiger partial charge in [0.1, 0.15) is 6.10 Å². The number of carbonyl (C=O) groups is 1. The van der Waals surface area contributed by atoms with Gasteiger partial charge in [-0.25, -0.2) is 5.84 Å². The molecule has 3 N–H and O–H groups in total. The molecule has 1 aliphatic heterocycles. The second kappa shape index (κ2) is 5.44. The van der Waals surface area contributed by atoms with Crippen molar-refractivity contribution in [2.24, 2.45) is 5.84 Å². The van der Waals surface area contributed by atoms with Gasteiger partial charge in [0.25, 0.3) is 5.91 Å². The van der Waals surface area contributed by atoms with Gasteiger partial charge in [-0.3, -0.25) is 10.2 Å². The van der Waals surface area contributed by atoms with Crippen LogP contribution in [0.15, 0.2) is 30.5 Å². The smallest absolute Gasteiger partial charge is 0.263 e. The van der Waals surface area contributed by atoms with E-state index in [0.717, 1.165) is 28.9 Å². The quantitative estimate of drug-likeness (QED) is 0.515. The number of hydrazine groups is 1. The summed E-state index contributed by atoms with van der Waals surface area (Å²) in [6.45, 7) is 0.722. The summed E-state index contributed by atoms with van der Waals surface area (Å²) in [6, 6.07) is 7.84. The summed E-state index contributed by atoms with van der Waals surface area (Å²) in [5, 5.41) is 1.83. The number of fused-ring (bicyclic) bond motifs is 1. The first kappa shape index (κ1) is 13.4. The van der Waals surface area contributed by atoms with Gasteiger partial charge in [-0.15, -0.1) is 0 Å². The Bertz CT molecular complexity index is 640. The van der Waals surface area contributed by atoms with E-state index >= 15 is 0 Å². The minimum atomic E-state index is -0.429. The van der Waals surface area contributed by atoms with E-state index in [1.165, 1.54) is 0 Å². The van der Waals surface area contributed by atoms with Crippen molar-refractivity contribution in [2.75, 3.05) is 0 Å². The van der Waals surface area contributed by atoms with Crippen molar-refractivity contribution in [3.8, 4) is 0 Å². The number of nitrogens with zero attached hydrogens (tertiary/aromatic N) is 1. The largest absolute Gasteiger partial charge is 0.363 e. The highest BCUT2D eigenvalue weighted by atomic mass is 35.5. The highest BCUT2D eigenvalue weighted by Crippen LogP contribution is 2.25. The zero-order chi connectivity index (χ0) is 14.1. The van der Waals surface area contributed by atoms with Crippen LogP contribution in [-0.4, -0.2) is 22.7 Å². The lowest BCUT2D eigenvalue weighted by atomic mass is 10.2. The number of halogens is 1. The molecule has 2 unspecified atom stereocenters. The molecule has 0 aliphatic carbocycles. The summed E-state index contributed by atoms with van der Waals surface area (Å²) in [5.41, 5.74) is 3.25. The Morgan fingerprint density at radius 3 is 3.10 bits per heavy atom. The van der Waals surface area contributed by atoms with Crippen LogP contribution in [0.5, 0.6) is 0 Å². The first-order valence-corrected chi connectivity index (χ1v) is 6.95. The van der Waals surface area contributed by atoms with E-state index in [-0.39, 0.29) is 12.0 Å². The molecule has 2 atom stereocenters. The monoisotopic (exact) mass is 293 g/mol. The molecular formula is C14H16ClN3O2. The van der Waals surface area contributed by atoms with Crippen molar-refractivity contribution < 1.29 is 9.53 Å². The van der Waals surface area contributed by atoms with Gasteiger partial charge in [0, 0.05) is 28.7 Å². The third-order valence-corrected chi connectivity index (χ3v) is 3.91. The molecule has 1 aliphatic rings. The van der Waals surface area contributed by atoms with Crippen LogP contribution in [0.3, 0.4) is 0 Å². The molecule has 2 aromatic rings. The van der Waals surface area contributed by atoms with E-state index in [9.17, 15) is 4.79 Å². The molecule has 0 bridgehead atoms. The van der Waals surface area contributed by atoms with Crippen LogP contribution in [0.4, 0.5) is 0 Å². The van der Waals surface area contributed by atoms with Gasteiger partial charge < -0.3 is 9.30 Å². The molecule has 6 heteroatoms. The van der Waals surface area contributed by atoms with Gasteiger partial charge in [-0.1, -0.05) is 11.6 Å². The first-order valence-electron chi connectivity index (χ1n) is 6.57. The number of nitrogens with one attached hydrogen (secondary N) is 1. The second-order valence-electron chi connectivity index (χ2n) is 5.00. The van der Waals surface area contributed by atoms with Gasteiger partial charge in [-0.2, -0.15) is 0 Å². The summed E-state index contributed by atoms with van der Waals surface area (Å²) in [5.74, 6) is 4.87. The molecule has 1 fully saturated rings. The standard InChI is InChI=1S/C14H16ClN3O2/c15-10-1-3-12-9(7-10)5-6-18(12)8-11-2-4-13(20-11)14(19)17-16/h1,3,5-7,11,13H,2,4,8,16H2,(H,17,19). The summed E-state index contributed by atoms with van der Waals surface area (Å²) in [6.07, 6.45) is 3.18. The summed E-state index contributed by atoms with van der Waals surface area (Å²) in [4.78, 5) is 11.4. The number of hydrogen-bond donors (Lipinski definition) is 2. The normalized spacial score (nSPS) is 22.3. The van der Waals surface area contributed by atoms with Crippen LogP contribution >= 0.6 is 11.6 Å². The van der Waals surface area contributed by atoms with Crippen molar-refractivity contribution in [3.63, 3.8) is 0 Å². The van der Waals surface area contributed by atoms with E-state index < -0.39 is 6.10 Å². The Morgan fingerprint density at radius 1 is 1.45 bits per heavy atom. The molecule has 0 saturated carbocycles. The number of benzene rings is 1. The number of nitrogens with two attached hydrogens (primary N) is 1. The predicted molar refractivity (Wildman–Crippen MR) is 77.2 cm³/mol. The van der Waals surface area contributed by atoms with Crippen molar-refractivity contribution in [3.05, 3.63) is 35.5 Å². The van der Waals surface area contributed by atoms with Crippen molar-refractivity contribution in [1.82, 2.24) is 9.99 Å². The lowest BCUT2D eigenvalue weighted by Crippen LogP contribution is -2.39. The number of ether oxygens (including phenoxy) is 1. The predicted octanol–water partition coefficient (Wildman–Crippen LogP) is 1.83. The number of aromatic nitrogens is 1. The third kappa shape index (κ3) is 2.52. The topological polar surface area (TPSA) is 69.3 Å². The molecule has 0 spiro atoms. The third-order valence-electron chi connectivity index (χ3n) is 3.68. The Hall–Kier alpha value is -1.56. The van der Waals surface area contributed by atoms with Crippen molar-refractivity contribution in [1.29, 1.82) is 0 Å². The second-order valence-corrected chi connectivity index (χ2v) is 5.44. The van der Waals surface area contributed by atoms with E-state index in [4.69, 9.17) is 22.2 Å². The molecule has 20 heavy (non-hydrogen) atoms. The fraction of sp³-hybridized carbons (Fsp3) is 0.357. The maximum Gasteiger partial charge on any atom is 0.263 e. The zero-order valence-corrected chi connectivity index (χ0v) is 11.6. The first-order chi connectivity index (χ1) is 9.67. The van der Waals surface area contributed by atoms with Gasteiger partial charge in [-0.05, 0) is 37.1 Å². The average molecular weight is 294 g/mol. The van der Waals surface area contributed by atoms with Gasteiger partial charge in [0.2, 0.25) is 0 Å². The Labute approximate surface area is 121 Å². The molecule has 2 heterocycles. The Balaban J connectivity index is 1.73. The van der Waals surface area contributed by atoms with E-state index in [1.54, 1.807) is 0 Å². The minimum Gasteiger partial charge on any atom is -0.363 e. The van der Waals surface area contributed by atoms with Gasteiger partial charge in [0.15, 0.2) is 0 Å².